The van der Waals surface area contributed by atoms with Gasteiger partial charge in [0.05, 0.1) is 0 Å². The van der Waals surface area contributed by atoms with Crippen LogP contribution in [-0.4, -0.2) is 49.3 Å². The highest BCUT2D eigenvalue weighted by atomic mass is 19.1. The molecular formula is C17H25F2N3O2. The first-order valence-corrected chi connectivity index (χ1v) is 8.16. The second-order valence-electron chi connectivity index (χ2n) is 6.83. The lowest BCUT2D eigenvalue weighted by Gasteiger charge is -2.35. The summed E-state index contributed by atoms with van der Waals surface area (Å²) in [6, 6.07) is 2.49. The van der Waals surface area contributed by atoms with Crippen molar-refractivity contribution in [2.75, 3.05) is 42.9 Å². The number of hydrogen-bond donors (Lipinski definition) is 1. The number of rotatable bonds is 3. The number of amides is 1. The third kappa shape index (κ3) is 4.80. The van der Waals surface area contributed by atoms with Crippen molar-refractivity contribution in [1.82, 2.24) is 4.90 Å². The summed E-state index contributed by atoms with van der Waals surface area (Å²) >= 11 is 0. The van der Waals surface area contributed by atoms with Gasteiger partial charge in [0.15, 0.2) is 11.6 Å². The van der Waals surface area contributed by atoms with Crippen molar-refractivity contribution in [2.24, 2.45) is 0 Å². The molecule has 0 saturated carbocycles. The first kappa shape index (κ1) is 18.4. The lowest BCUT2D eigenvalue weighted by atomic mass is 10.2. The van der Waals surface area contributed by atoms with Gasteiger partial charge in [-0.15, -0.1) is 0 Å². The molecular weight excluding hydrogens is 316 g/mol. The second-order valence-corrected chi connectivity index (χ2v) is 6.83. The van der Waals surface area contributed by atoms with E-state index in [0.717, 1.165) is 19.6 Å². The van der Waals surface area contributed by atoms with Gasteiger partial charge in [0.2, 0.25) is 0 Å². The van der Waals surface area contributed by atoms with E-state index in [1.54, 1.807) is 20.8 Å². The summed E-state index contributed by atoms with van der Waals surface area (Å²) in [7, 11) is 0. The van der Waals surface area contributed by atoms with E-state index in [0.29, 0.717) is 18.8 Å². The third-order valence-corrected chi connectivity index (χ3v) is 3.84. The van der Waals surface area contributed by atoms with E-state index in [-0.39, 0.29) is 0 Å². The maximum atomic E-state index is 14.3. The summed E-state index contributed by atoms with van der Waals surface area (Å²) < 4.78 is 33.5. The van der Waals surface area contributed by atoms with E-state index >= 15 is 0 Å². The van der Waals surface area contributed by atoms with E-state index < -0.39 is 29.0 Å². The van der Waals surface area contributed by atoms with E-state index in [2.05, 4.69) is 17.1 Å². The summed E-state index contributed by atoms with van der Waals surface area (Å²) in [5.41, 5.74) is -0.744. The lowest BCUT2D eigenvalue weighted by molar-refractivity contribution is 0.0634. The molecule has 134 valence electrons. The van der Waals surface area contributed by atoms with Crippen LogP contribution < -0.4 is 10.2 Å². The predicted octanol–water partition coefficient (Wildman–Crippen LogP) is 3.45. The molecule has 2 rings (SSSR count). The molecule has 0 aromatic heterocycles. The van der Waals surface area contributed by atoms with Crippen molar-refractivity contribution in [1.29, 1.82) is 0 Å². The number of nitrogens with zero attached hydrogens (tertiary/aromatic N) is 2. The Labute approximate surface area is 141 Å². The summed E-state index contributed by atoms with van der Waals surface area (Å²) in [5, 5.41) is 2.14. The van der Waals surface area contributed by atoms with Gasteiger partial charge in [-0.1, -0.05) is 6.92 Å². The number of benzene rings is 1. The largest absolute Gasteiger partial charge is 0.444 e. The van der Waals surface area contributed by atoms with Gasteiger partial charge in [-0.3, -0.25) is 5.32 Å². The zero-order valence-electron chi connectivity index (χ0n) is 14.7. The molecule has 1 saturated heterocycles. The highest BCUT2D eigenvalue weighted by Gasteiger charge is 2.22. The standard InChI is InChI=1S/C17H25F2N3O2/c1-5-21-6-8-22(9-7-21)12-10-13(18)15(14(19)11-12)20-16(23)24-17(2,3)4/h10-11H,5-9H2,1-4H3,(H,20,23). The minimum Gasteiger partial charge on any atom is -0.444 e. The highest BCUT2D eigenvalue weighted by Crippen LogP contribution is 2.27. The fraction of sp³-hybridized carbons (Fsp3) is 0.588. The van der Waals surface area contributed by atoms with Gasteiger partial charge < -0.3 is 14.5 Å². The number of anilines is 2. The number of nitrogens with one attached hydrogen (secondary N) is 1. The second kappa shape index (κ2) is 7.34. The molecule has 7 heteroatoms. The van der Waals surface area contributed by atoms with Crippen LogP contribution in [0.1, 0.15) is 27.7 Å². The number of piperazine rings is 1. The summed E-state index contributed by atoms with van der Waals surface area (Å²) in [4.78, 5) is 15.9. The Bertz CT molecular complexity index is 571. The van der Waals surface area contributed by atoms with Gasteiger partial charge in [0.1, 0.15) is 11.3 Å². The molecule has 1 N–H and O–H groups in total. The van der Waals surface area contributed by atoms with Crippen molar-refractivity contribution >= 4 is 17.5 Å². The van der Waals surface area contributed by atoms with Gasteiger partial charge in [0.25, 0.3) is 0 Å². The first-order valence-electron chi connectivity index (χ1n) is 8.16. The molecule has 24 heavy (non-hydrogen) atoms. The van der Waals surface area contributed by atoms with Crippen LogP contribution in [0.3, 0.4) is 0 Å². The average molecular weight is 341 g/mol. The molecule has 1 aliphatic rings. The van der Waals surface area contributed by atoms with Crippen LogP contribution in [0.15, 0.2) is 12.1 Å². The lowest BCUT2D eigenvalue weighted by Crippen LogP contribution is -2.46. The molecule has 0 radical (unpaired) electrons. The van der Waals surface area contributed by atoms with Crippen LogP contribution in [0.2, 0.25) is 0 Å². The van der Waals surface area contributed by atoms with Gasteiger partial charge in [-0.25, -0.2) is 13.6 Å². The van der Waals surface area contributed by atoms with Crippen LogP contribution in [-0.2, 0) is 4.74 Å². The average Bonchev–Trinajstić information content (AvgIpc) is 2.49. The Morgan fingerprint density at radius 1 is 1.17 bits per heavy atom. The van der Waals surface area contributed by atoms with Crippen LogP contribution >= 0.6 is 0 Å². The number of carbonyl (C=O) groups is 1. The topological polar surface area (TPSA) is 44.8 Å². The van der Waals surface area contributed by atoms with E-state index in [1.165, 1.54) is 12.1 Å². The molecule has 0 spiro atoms. The van der Waals surface area contributed by atoms with E-state index in [9.17, 15) is 13.6 Å². The van der Waals surface area contributed by atoms with Crippen LogP contribution in [0.4, 0.5) is 25.0 Å². The van der Waals surface area contributed by atoms with Gasteiger partial charge >= 0.3 is 6.09 Å². The molecule has 0 bridgehead atoms. The molecule has 1 fully saturated rings. The maximum absolute atomic E-state index is 14.3. The monoisotopic (exact) mass is 341 g/mol. The molecule has 0 unspecified atom stereocenters. The quantitative estimate of drug-likeness (QED) is 0.915. The molecule has 1 aromatic rings. The number of carbonyl (C=O) groups excluding carboxylic acids is 1. The van der Waals surface area contributed by atoms with E-state index in [1.807, 2.05) is 4.90 Å². The Morgan fingerprint density at radius 3 is 2.17 bits per heavy atom. The molecule has 5 nitrogen and oxygen atoms in total. The van der Waals surface area contributed by atoms with Crippen molar-refractivity contribution in [3.63, 3.8) is 0 Å². The molecule has 1 heterocycles. The molecule has 1 amide bonds. The Kier molecular flexibility index (Phi) is 5.64. The smallest absolute Gasteiger partial charge is 0.412 e. The van der Waals surface area contributed by atoms with Gasteiger partial charge in [-0.2, -0.15) is 0 Å². The number of halogens is 2. The van der Waals surface area contributed by atoms with Crippen molar-refractivity contribution < 1.29 is 18.3 Å². The maximum Gasteiger partial charge on any atom is 0.412 e. The van der Waals surface area contributed by atoms with Crippen LogP contribution in [0.25, 0.3) is 0 Å². The fourth-order valence-electron chi connectivity index (χ4n) is 2.59. The fourth-order valence-corrected chi connectivity index (χ4v) is 2.59. The van der Waals surface area contributed by atoms with Crippen LogP contribution in [0, 0.1) is 11.6 Å². The highest BCUT2D eigenvalue weighted by molar-refractivity contribution is 5.85. The van der Waals surface area contributed by atoms with Crippen LogP contribution in [0.5, 0.6) is 0 Å². The SMILES string of the molecule is CCN1CCN(c2cc(F)c(NC(=O)OC(C)(C)C)c(F)c2)CC1. The molecule has 0 atom stereocenters. The minimum atomic E-state index is -0.885. The number of ether oxygens (including phenoxy) is 1. The summed E-state index contributed by atoms with van der Waals surface area (Å²) in [6.45, 7) is 11.2. The summed E-state index contributed by atoms with van der Waals surface area (Å²) in [6.07, 6.45) is -0.885. The van der Waals surface area contributed by atoms with E-state index in [4.69, 9.17) is 4.74 Å². The predicted molar refractivity (Wildman–Crippen MR) is 90.5 cm³/mol. The molecule has 0 aliphatic carbocycles. The normalized spacial score (nSPS) is 16.2. The van der Waals surface area contributed by atoms with Gasteiger partial charge in [-0.05, 0) is 39.4 Å². The zero-order valence-corrected chi connectivity index (χ0v) is 14.7. The Morgan fingerprint density at radius 2 is 1.71 bits per heavy atom. The number of likely N-dealkylation sites (N-methyl/N-ethyl adjacent to an activating group) is 1. The Balaban J connectivity index is 2.10. The van der Waals surface area contributed by atoms with Crippen molar-refractivity contribution in [3.05, 3.63) is 23.8 Å². The zero-order chi connectivity index (χ0) is 17.9. The first-order chi connectivity index (χ1) is 11.2. The minimum absolute atomic E-state index is 0.482. The third-order valence-electron chi connectivity index (χ3n) is 3.84. The molecule has 1 aromatic carbocycles. The Hall–Kier alpha value is -1.89. The number of hydrogen-bond acceptors (Lipinski definition) is 4. The van der Waals surface area contributed by atoms with Crippen molar-refractivity contribution in [3.8, 4) is 0 Å². The van der Waals surface area contributed by atoms with Crippen molar-refractivity contribution in [2.45, 2.75) is 33.3 Å². The summed E-state index contributed by atoms with van der Waals surface area (Å²) in [5.74, 6) is -1.62. The molecule has 1 aliphatic heterocycles. The van der Waals surface area contributed by atoms with Gasteiger partial charge in [0, 0.05) is 31.9 Å².